The SMILES string of the molecule is CCn1cc(CN2CCC(C(Cc3ccccc3)N(C)C(=O)c3cccs3)CC2)c(C)n1. The minimum atomic E-state index is 0.144. The van der Waals surface area contributed by atoms with E-state index in [1.807, 2.05) is 34.1 Å². The maximum absolute atomic E-state index is 13.2. The minimum Gasteiger partial charge on any atom is -0.337 e. The van der Waals surface area contributed by atoms with Crippen molar-refractivity contribution in [2.24, 2.45) is 5.92 Å². The zero-order valence-electron chi connectivity index (χ0n) is 19.4. The summed E-state index contributed by atoms with van der Waals surface area (Å²) in [7, 11) is 1.99. The lowest BCUT2D eigenvalue weighted by molar-refractivity contribution is 0.0589. The smallest absolute Gasteiger partial charge is 0.263 e. The molecule has 1 aliphatic heterocycles. The number of amides is 1. The average Bonchev–Trinajstić information content (AvgIpc) is 3.48. The zero-order valence-corrected chi connectivity index (χ0v) is 20.2. The van der Waals surface area contributed by atoms with E-state index < -0.39 is 0 Å². The Hall–Kier alpha value is -2.44. The summed E-state index contributed by atoms with van der Waals surface area (Å²) < 4.78 is 2.03. The van der Waals surface area contributed by atoms with Gasteiger partial charge in [0, 0.05) is 37.9 Å². The van der Waals surface area contributed by atoms with E-state index in [9.17, 15) is 4.79 Å². The molecule has 1 saturated heterocycles. The molecule has 0 spiro atoms. The highest BCUT2D eigenvalue weighted by Crippen LogP contribution is 2.29. The van der Waals surface area contributed by atoms with Gasteiger partial charge < -0.3 is 4.90 Å². The second-order valence-electron chi connectivity index (χ2n) is 8.86. The number of rotatable bonds is 8. The van der Waals surface area contributed by atoms with Crippen LogP contribution in [-0.2, 0) is 19.5 Å². The number of likely N-dealkylation sites (tertiary alicyclic amines) is 1. The highest BCUT2D eigenvalue weighted by Gasteiger charge is 2.32. The molecule has 0 bridgehead atoms. The summed E-state index contributed by atoms with van der Waals surface area (Å²) in [5.41, 5.74) is 3.77. The zero-order chi connectivity index (χ0) is 22.5. The van der Waals surface area contributed by atoms with Crippen LogP contribution in [0.15, 0.2) is 54.0 Å². The van der Waals surface area contributed by atoms with E-state index in [0.717, 1.165) is 56.0 Å². The van der Waals surface area contributed by atoms with Crippen molar-refractivity contribution >= 4 is 17.2 Å². The lowest BCUT2D eigenvalue weighted by Crippen LogP contribution is -2.47. The van der Waals surface area contributed by atoms with Crippen LogP contribution in [0.2, 0.25) is 0 Å². The molecule has 6 heteroatoms. The summed E-state index contributed by atoms with van der Waals surface area (Å²) >= 11 is 1.53. The summed E-state index contributed by atoms with van der Waals surface area (Å²) in [5.74, 6) is 0.644. The second-order valence-corrected chi connectivity index (χ2v) is 9.81. The first-order valence-electron chi connectivity index (χ1n) is 11.6. The molecule has 5 nitrogen and oxygen atoms in total. The fourth-order valence-electron chi connectivity index (χ4n) is 4.81. The van der Waals surface area contributed by atoms with Crippen LogP contribution in [-0.4, -0.2) is 51.7 Å². The fraction of sp³-hybridized carbons (Fsp3) is 0.462. The van der Waals surface area contributed by atoms with Gasteiger partial charge in [-0.2, -0.15) is 5.10 Å². The number of hydrogen-bond acceptors (Lipinski definition) is 4. The summed E-state index contributed by atoms with van der Waals surface area (Å²) in [4.78, 5) is 18.5. The Morgan fingerprint density at radius 3 is 2.56 bits per heavy atom. The summed E-state index contributed by atoms with van der Waals surface area (Å²) in [6.45, 7) is 8.24. The number of piperidine rings is 1. The van der Waals surface area contributed by atoms with E-state index in [-0.39, 0.29) is 11.9 Å². The first-order chi connectivity index (χ1) is 15.5. The van der Waals surface area contributed by atoms with Gasteiger partial charge in [-0.15, -0.1) is 11.3 Å². The number of carbonyl (C=O) groups is 1. The first kappa shape index (κ1) is 22.7. The van der Waals surface area contributed by atoms with Gasteiger partial charge in [0.2, 0.25) is 0 Å². The third-order valence-corrected chi connectivity index (χ3v) is 7.64. The van der Waals surface area contributed by atoms with E-state index in [1.54, 1.807) is 0 Å². The largest absolute Gasteiger partial charge is 0.337 e. The van der Waals surface area contributed by atoms with Gasteiger partial charge in [-0.3, -0.25) is 14.4 Å². The summed E-state index contributed by atoms with van der Waals surface area (Å²) in [6, 6.07) is 14.7. The monoisotopic (exact) mass is 450 g/mol. The van der Waals surface area contributed by atoms with Gasteiger partial charge in [-0.05, 0) is 69.1 Å². The molecule has 1 atom stereocenters. The van der Waals surface area contributed by atoms with Gasteiger partial charge in [0.1, 0.15) is 0 Å². The van der Waals surface area contributed by atoms with Crippen LogP contribution in [0.4, 0.5) is 0 Å². The van der Waals surface area contributed by atoms with Crippen molar-refractivity contribution in [3.63, 3.8) is 0 Å². The van der Waals surface area contributed by atoms with E-state index in [0.29, 0.717) is 5.92 Å². The van der Waals surface area contributed by atoms with Gasteiger partial charge >= 0.3 is 0 Å². The van der Waals surface area contributed by atoms with Crippen molar-refractivity contribution in [3.05, 3.63) is 75.7 Å². The molecule has 1 aromatic carbocycles. The van der Waals surface area contributed by atoms with Crippen LogP contribution >= 0.6 is 11.3 Å². The number of nitrogens with zero attached hydrogens (tertiary/aromatic N) is 4. The van der Waals surface area contributed by atoms with E-state index >= 15 is 0 Å². The lowest BCUT2D eigenvalue weighted by Gasteiger charge is -2.40. The number of hydrogen-bond donors (Lipinski definition) is 0. The topological polar surface area (TPSA) is 41.4 Å². The van der Waals surface area contributed by atoms with Gasteiger partial charge in [-0.1, -0.05) is 36.4 Å². The maximum atomic E-state index is 13.2. The molecule has 4 rings (SSSR count). The van der Waals surface area contributed by atoms with E-state index in [1.165, 1.54) is 22.5 Å². The number of carbonyl (C=O) groups excluding carboxylic acids is 1. The molecule has 0 radical (unpaired) electrons. The van der Waals surface area contributed by atoms with Crippen molar-refractivity contribution in [1.82, 2.24) is 19.6 Å². The molecular weight excluding hydrogens is 416 g/mol. The number of aryl methyl sites for hydroxylation is 2. The standard InChI is InChI=1S/C26H34N4OS/c1-4-30-19-23(20(2)27-30)18-29-14-12-22(13-15-29)24(17-21-9-6-5-7-10-21)28(3)26(31)25-11-8-16-32-25/h5-11,16,19,22,24H,4,12-15,17-18H2,1-3H3. The van der Waals surface area contributed by atoms with Crippen molar-refractivity contribution in [2.45, 2.75) is 52.2 Å². The summed E-state index contributed by atoms with van der Waals surface area (Å²) in [6.07, 6.45) is 5.32. The third-order valence-electron chi connectivity index (χ3n) is 6.78. The second kappa shape index (κ2) is 10.5. The molecule has 3 aromatic rings. The van der Waals surface area contributed by atoms with Crippen molar-refractivity contribution in [3.8, 4) is 0 Å². The van der Waals surface area contributed by atoms with E-state index in [2.05, 4.69) is 60.4 Å². The summed E-state index contributed by atoms with van der Waals surface area (Å²) in [5, 5.41) is 6.58. The third kappa shape index (κ3) is 5.30. The fourth-order valence-corrected chi connectivity index (χ4v) is 5.52. The number of benzene rings is 1. The quantitative estimate of drug-likeness (QED) is 0.492. The highest BCUT2D eigenvalue weighted by molar-refractivity contribution is 7.12. The van der Waals surface area contributed by atoms with Crippen molar-refractivity contribution in [1.29, 1.82) is 0 Å². The van der Waals surface area contributed by atoms with Crippen LogP contribution in [0, 0.1) is 12.8 Å². The normalized spacial score (nSPS) is 16.2. The van der Waals surface area contributed by atoms with Gasteiger partial charge in [0.15, 0.2) is 0 Å². The predicted molar refractivity (Wildman–Crippen MR) is 131 cm³/mol. The Morgan fingerprint density at radius 2 is 1.94 bits per heavy atom. The molecule has 0 N–H and O–H groups in total. The number of thiophene rings is 1. The molecular formula is C26H34N4OS. The Bertz CT molecular complexity index is 990. The Kier molecular flexibility index (Phi) is 7.43. The highest BCUT2D eigenvalue weighted by atomic mass is 32.1. The van der Waals surface area contributed by atoms with Crippen LogP contribution < -0.4 is 0 Å². The minimum absolute atomic E-state index is 0.144. The molecule has 1 fully saturated rings. The van der Waals surface area contributed by atoms with Crippen LogP contribution in [0.3, 0.4) is 0 Å². The van der Waals surface area contributed by atoms with Crippen LogP contribution in [0.5, 0.6) is 0 Å². The van der Waals surface area contributed by atoms with Crippen LogP contribution in [0.1, 0.15) is 46.3 Å². The van der Waals surface area contributed by atoms with Gasteiger partial charge in [-0.25, -0.2) is 0 Å². The van der Waals surface area contributed by atoms with Crippen molar-refractivity contribution in [2.75, 3.05) is 20.1 Å². The molecule has 3 heterocycles. The average molecular weight is 451 g/mol. The molecule has 1 unspecified atom stereocenters. The Labute approximate surface area is 195 Å². The first-order valence-corrected chi connectivity index (χ1v) is 12.5. The maximum Gasteiger partial charge on any atom is 0.263 e. The molecule has 1 aliphatic rings. The van der Waals surface area contributed by atoms with E-state index in [4.69, 9.17) is 0 Å². The molecule has 2 aromatic heterocycles. The molecule has 32 heavy (non-hydrogen) atoms. The Balaban J connectivity index is 1.44. The predicted octanol–water partition coefficient (Wildman–Crippen LogP) is 4.87. The Morgan fingerprint density at radius 1 is 1.19 bits per heavy atom. The lowest BCUT2D eigenvalue weighted by atomic mass is 9.84. The number of aromatic nitrogens is 2. The molecule has 0 aliphatic carbocycles. The van der Waals surface area contributed by atoms with Crippen molar-refractivity contribution < 1.29 is 4.79 Å². The molecule has 170 valence electrons. The number of likely N-dealkylation sites (N-methyl/N-ethyl adjacent to an activating group) is 1. The molecule has 1 amide bonds. The van der Waals surface area contributed by atoms with Gasteiger partial charge in [0.25, 0.3) is 5.91 Å². The van der Waals surface area contributed by atoms with Gasteiger partial charge in [0.05, 0.1) is 10.6 Å². The van der Waals surface area contributed by atoms with Crippen LogP contribution in [0.25, 0.3) is 0 Å². The molecule has 0 saturated carbocycles.